The van der Waals surface area contributed by atoms with E-state index in [0.29, 0.717) is 11.8 Å². The average Bonchev–Trinajstić information content (AvgIpc) is 2.94. The molecule has 4 heterocycles. The van der Waals surface area contributed by atoms with Crippen molar-refractivity contribution in [3.8, 4) is 10.4 Å². The molecule has 3 nitrogen and oxygen atoms in total. The van der Waals surface area contributed by atoms with Gasteiger partial charge in [0.1, 0.15) is 0 Å². The van der Waals surface area contributed by atoms with Crippen molar-refractivity contribution in [1.29, 1.82) is 0 Å². The van der Waals surface area contributed by atoms with Crippen LogP contribution in [0.5, 0.6) is 0 Å². The van der Waals surface area contributed by atoms with Crippen LogP contribution in [-0.4, -0.2) is 17.7 Å². The first-order valence-corrected chi connectivity index (χ1v) is 7.80. The summed E-state index contributed by atoms with van der Waals surface area (Å²) < 4.78 is 2.04. The molecule has 0 unspecified atom stereocenters. The third-order valence-corrected chi connectivity index (χ3v) is 5.31. The van der Waals surface area contributed by atoms with E-state index in [1.54, 1.807) is 17.4 Å². The molecule has 1 fully saturated rings. The van der Waals surface area contributed by atoms with Gasteiger partial charge in [-0.15, -0.1) is 11.3 Å². The van der Waals surface area contributed by atoms with Crippen molar-refractivity contribution < 1.29 is 5.32 Å². The van der Waals surface area contributed by atoms with Gasteiger partial charge in [0.15, 0.2) is 0 Å². The molecule has 0 aliphatic carbocycles. The van der Waals surface area contributed by atoms with Gasteiger partial charge in [-0.3, -0.25) is 4.79 Å². The van der Waals surface area contributed by atoms with Crippen molar-refractivity contribution in [2.24, 2.45) is 5.92 Å². The lowest BCUT2D eigenvalue weighted by Gasteiger charge is -2.36. The number of fused-ring (bicyclic) bond motifs is 4. The minimum absolute atomic E-state index is 0.173. The van der Waals surface area contributed by atoms with Crippen molar-refractivity contribution in [2.45, 2.75) is 18.9 Å². The van der Waals surface area contributed by atoms with Gasteiger partial charge >= 0.3 is 0 Å². The number of hydrogen-bond donors (Lipinski definition) is 1. The SMILES string of the molecule is O=c1ccc(-c2cccs2)c2n1C[C@@H]1C[NH2+]C[C@H]2C1. The highest BCUT2D eigenvalue weighted by molar-refractivity contribution is 7.13. The fourth-order valence-electron chi connectivity index (χ4n) is 3.62. The number of aromatic nitrogens is 1. The van der Waals surface area contributed by atoms with Crippen LogP contribution in [0.2, 0.25) is 0 Å². The van der Waals surface area contributed by atoms with Crippen molar-refractivity contribution in [3.05, 3.63) is 45.7 Å². The van der Waals surface area contributed by atoms with Crippen LogP contribution in [0.1, 0.15) is 18.0 Å². The van der Waals surface area contributed by atoms with Crippen LogP contribution in [0.3, 0.4) is 0 Å². The summed E-state index contributed by atoms with van der Waals surface area (Å²) >= 11 is 1.76. The van der Waals surface area contributed by atoms with Crippen molar-refractivity contribution in [2.75, 3.05) is 13.1 Å². The Balaban J connectivity index is 1.95. The molecule has 2 N–H and O–H groups in total. The molecular weight excluding hydrogens is 256 g/mol. The minimum Gasteiger partial charge on any atom is -0.345 e. The number of pyridine rings is 1. The molecule has 2 atom stereocenters. The monoisotopic (exact) mass is 273 g/mol. The maximum absolute atomic E-state index is 12.2. The largest absolute Gasteiger partial charge is 0.345 e. The van der Waals surface area contributed by atoms with Crippen molar-refractivity contribution in [1.82, 2.24) is 4.57 Å². The molecular formula is C15H17N2OS+. The van der Waals surface area contributed by atoms with Gasteiger partial charge in [-0.2, -0.15) is 0 Å². The fraction of sp³-hybridized carbons (Fsp3) is 0.400. The maximum Gasteiger partial charge on any atom is 0.250 e. The van der Waals surface area contributed by atoms with Crippen molar-refractivity contribution >= 4 is 11.3 Å². The van der Waals surface area contributed by atoms with E-state index in [9.17, 15) is 4.79 Å². The molecule has 19 heavy (non-hydrogen) atoms. The molecule has 4 heteroatoms. The molecule has 2 bridgehead atoms. The molecule has 0 amide bonds. The van der Waals surface area contributed by atoms with Crippen LogP contribution < -0.4 is 10.9 Å². The van der Waals surface area contributed by atoms with Crippen molar-refractivity contribution in [3.63, 3.8) is 0 Å². The van der Waals surface area contributed by atoms with Crippen LogP contribution in [0.25, 0.3) is 10.4 Å². The van der Waals surface area contributed by atoms with E-state index in [2.05, 4.69) is 22.8 Å². The van der Waals surface area contributed by atoms with Gasteiger partial charge in [-0.25, -0.2) is 0 Å². The Kier molecular flexibility index (Phi) is 2.60. The molecule has 0 spiro atoms. The number of hydrogen-bond acceptors (Lipinski definition) is 2. The summed E-state index contributed by atoms with van der Waals surface area (Å²) in [6, 6.07) is 8.00. The second kappa shape index (κ2) is 4.32. The second-order valence-electron chi connectivity index (χ2n) is 5.62. The van der Waals surface area contributed by atoms with E-state index in [1.165, 1.54) is 29.1 Å². The Bertz CT molecular complexity index is 659. The first kappa shape index (κ1) is 11.4. The highest BCUT2D eigenvalue weighted by atomic mass is 32.1. The average molecular weight is 273 g/mol. The maximum atomic E-state index is 12.2. The predicted molar refractivity (Wildman–Crippen MR) is 76.5 cm³/mol. The second-order valence-corrected chi connectivity index (χ2v) is 6.56. The Hall–Kier alpha value is -1.39. The molecule has 2 aliphatic heterocycles. The third kappa shape index (κ3) is 1.78. The zero-order valence-electron chi connectivity index (χ0n) is 10.7. The van der Waals surface area contributed by atoms with E-state index in [0.717, 1.165) is 13.1 Å². The van der Waals surface area contributed by atoms with Gasteiger partial charge in [0.25, 0.3) is 5.56 Å². The lowest BCUT2D eigenvalue weighted by Crippen LogP contribution is -2.89. The number of nitrogens with zero attached hydrogens (tertiary/aromatic N) is 1. The summed E-state index contributed by atoms with van der Waals surface area (Å²) in [4.78, 5) is 13.5. The lowest BCUT2D eigenvalue weighted by atomic mass is 9.82. The van der Waals surface area contributed by atoms with Gasteiger partial charge in [0.2, 0.25) is 0 Å². The Labute approximate surface area is 115 Å². The minimum atomic E-state index is 0.173. The molecule has 0 saturated carbocycles. The Morgan fingerprint density at radius 1 is 1.26 bits per heavy atom. The van der Waals surface area contributed by atoms with Gasteiger partial charge < -0.3 is 9.88 Å². The summed E-state index contributed by atoms with van der Waals surface area (Å²) in [5, 5.41) is 4.52. The molecule has 0 aromatic carbocycles. The summed E-state index contributed by atoms with van der Waals surface area (Å²) in [7, 11) is 0. The normalized spacial score (nSPS) is 25.1. The van der Waals surface area contributed by atoms with Gasteiger partial charge in [0.05, 0.1) is 13.1 Å². The van der Waals surface area contributed by atoms with E-state index in [-0.39, 0.29) is 5.56 Å². The predicted octanol–water partition coefficient (Wildman–Crippen LogP) is 1.26. The van der Waals surface area contributed by atoms with E-state index >= 15 is 0 Å². The molecule has 2 aromatic rings. The molecule has 1 saturated heterocycles. The number of piperidine rings is 1. The van der Waals surface area contributed by atoms with Gasteiger partial charge in [-0.05, 0) is 23.9 Å². The number of quaternary nitrogens is 1. The summed E-state index contributed by atoms with van der Waals surface area (Å²) in [6.07, 6.45) is 1.25. The van der Waals surface area contributed by atoms with Crippen LogP contribution in [-0.2, 0) is 6.54 Å². The summed E-state index contributed by atoms with van der Waals surface area (Å²) in [6.45, 7) is 3.20. The standard InChI is InChI=1S/C15H16N2OS/c18-14-4-3-12(13-2-1-5-19-13)15-11-6-10(7-16-8-11)9-17(14)15/h1-5,10-11,16H,6-9H2/p+1/t10-,11+/m0/s1. The summed E-state index contributed by atoms with van der Waals surface area (Å²) in [5.74, 6) is 1.21. The molecule has 4 rings (SSSR count). The molecule has 2 aromatic heterocycles. The first-order chi connectivity index (χ1) is 9.33. The number of nitrogens with two attached hydrogens (primary N) is 1. The Morgan fingerprint density at radius 3 is 3.05 bits per heavy atom. The quantitative estimate of drug-likeness (QED) is 0.834. The van der Waals surface area contributed by atoms with Gasteiger partial charge in [-0.1, -0.05) is 6.07 Å². The summed E-state index contributed by atoms with van der Waals surface area (Å²) in [5.41, 5.74) is 2.72. The topological polar surface area (TPSA) is 38.6 Å². The number of rotatable bonds is 1. The highest BCUT2D eigenvalue weighted by Gasteiger charge is 2.35. The lowest BCUT2D eigenvalue weighted by molar-refractivity contribution is -0.673. The molecule has 0 radical (unpaired) electrons. The molecule has 2 aliphatic rings. The number of thiophene rings is 1. The zero-order chi connectivity index (χ0) is 12.8. The smallest absolute Gasteiger partial charge is 0.250 e. The fourth-order valence-corrected chi connectivity index (χ4v) is 4.38. The first-order valence-electron chi connectivity index (χ1n) is 6.92. The zero-order valence-corrected chi connectivity index (χ0v) is 11.5. The van der Waals surface area contributed by atoms with E-state index in [4.69, 9.17) is 0 Å². The molecule has 98 valence electrons. The van der Waals surface area contributed by atoms with Gasteiger partial charge in [0, 0.05) is 40.6 Å². The van der Waals surface area contributed by atoms with Crippen LogP contribution in [0.4, 0.5) is 0 Å². The van der Waals surface area contributed by atoms with Crippen LogP contribution >= 0.6 is 11.3 Å². The third-order valence-electron chi connectivity index (χ3n) is 4.41. The van der Waals surface area contributed by atoms with E-state index < -0.39 is 0 Å². The van der Waals surface area contributed by atoms with Crippen LogP contribution in [0.15, 0.2) is 34.4 Å². The highest BCUT2D eigenvalue weighted by Crippen LogP contribution is 2.37. The Morgan fingerprint density at radius 2 is 2.21 bits per heavy atom. The van der Waals surface area contributed by atoms with Crippen LogP contribution in [0, 0.1) is 5.92 Å². The van der Waals surface area contributed by atoms with E-state index in [1.807, 2.05) is 10.6 Å².